The van der Waals surface area contributed by atoms with E-state index in [0.717, 1.165) is 27.8 Å². The zero-order chi connectivity index (χ0) is 28.0. The lowest BCUT2D eigenvalue weighted by molar-refractivity contribution is -0.00569. The van der Waals surface area contributed by atoms with Crippen LogP contribution in [-0.4, -0.2) is 65.7 Å². The molecule has 0 unspecified atom stereocenters. The summed E-state index contributed by atoms with van der Waals surface area (Å²) in [6.07, 6.45) is 5.15. The predicted molar refractivity (Wildman–Crippen MR) is 151 cm³/mol. The number of fused-ring (bicyclic) bond motifs is 1. The number of nitrogens with one attached hydrogen (secondary N) is 1. The molecule has 0 saturated carbocycles. The molecule has 204 valence electrons. The highest BCUT2D eigenvalue weighted by molar-refractivity contribution is 6.01. The molecule has 3 aromatic carbocycles. The Labute approximate surface area is 236 Å². The van der Waals surface area contributed by atoms with Crippen LogP contribution in [0.15, 0.2) is 79.1 Å². The van der Waals surface area contributed by atoms with Gasteiger partial charge in [0.2, 0.25) is 0 Å². The Hall–Kier alpha value is -5.12. The Balaban J connectivity index is 1.11. The average Bonchev–Trinajstić information content (AvgIpc) is 3.70. The molecular weight excluding hydrogens is 518 g/mol. The Morgan fingerprint density at radius 3 is 2.46 bits per heavy atom. The minimum absolute atomic E-state index is 0.0673. The van der Waals surface area contributed by atoms with Gasteiger partial charge in [-0.15, -0.1) is 5.10 Å². The van der Waals surface area contributed by atoms with E-state index in [9.17, 15) is 9.59 Å². The summed E-state index contributed by atoms with van der Waals surface area (Å²) in [4.78, 5) is 28.9. The van der Waals surface area contributed by atoms with Crippen LogP contribution in [0.3, 0.4) is 0 Å². The SMILES string of the molecule is Cn1cc(-c2ccc3c(c2)C(=O)CC2(CCN(C(=O)c4cc(-c5ccccc5)cc(-c5nnn[nH]5)c4)CC2)O3)cn1. The normalized spacial score (nSPS) is 15.9. The Morgan fingerprint density at radius 1 is 0.927 bits per heavy atom. The Morgan fingerprint density at radius 2 is 1.73 bits per heavy atom. The number of Topliss-reactive ketones (excluding diaryl/α,β-unsaturated/α-hetero) is 1. The quantitative estimate of drug-likeness (QED) is 0.351. The molecule has 2 aromatic heterocycles. The number of carbonyl (C=O) groups is 2. The fourth-order valence-electron chi connectivity index (χ4n) is 5.79. The summed E-state index contributed by atoms with van der Waals surface area (Å²) in [7, 11) is 1.87. The molecule has 7 rings (SSSR count). The van der Waals surface area contributed by atoms with Gasteiger partial charge >= 0.3 is 0 Å². The van der Waals surface area contributed by atoms with E-state index in [1.54, 1.807) is 10.9 Å². The summed E-state index contributed by atoms with van der Waals surface area (Å²) in [5.41, 5.74) is 5.06. The number of ether oxygens (including phenoxy) is 1. The lowest BCUT2D eigenvalue weighted by atomic mass is 9.82. The number of nitrogens with zero attached hydrogens (tertiary/aromatic N) is 6. The van der Waals surface area contributed by atoms with Gasteiger partial charge in [0.15, 0.2) is 11.6 Å². The molecule has 1 amide bonds. The number of ketones is 1. The highest BCUT2D eigenvalue weighted by atomic mass is 16.5. The van der Waals surface area contributed by atoms with Crippen molar-refractivity contribution < 1.29 is 14.3 Å². The lowest BCUT2D eigenvalue weighted by Crippen LogP contribution is -2.52. The summed E-state index contributed by atoms with van der Waals surface area (Å²) in [5.74, 6) is 1.09. The van der Waals surface area contributed by atoms with Gasteiger partial charge in [-0.05, 0) is 57.4 Å². The smallest absolute Gasteiger partial charge is 0.253 e. The van der Waals surface area contributed by atoms with Gasteiger partial charge < -0.3 is 9.64 Å². The molecule has 2 aliphatic rings. The number of aromatic amines is 1. The van der Waals surface area contributed by atoms with Crippen LogP contribution in [0.25, 0.3) is 33.6 Å². The van der Waals surface area contributed by atoms with E-state index in [1.165, 1.54) is 0 Å². The highest BCUT2D eigenvalue weighted by Crippen LogP contribution is 2.41. The summed E-state index contributed by atoms with van der Waals surface area (Å²) in [6, 6.07) is 21.3. The largest absolute Gasteiger partial charge is 0.486 e. The van der Waals surface area contributed by atoms with Gasteiger partial charge in [-0.2, -0.15) is 5.10 Å². The first kappa shape index (κ1) is 24.9. The van der Waals surface area contributed by atoms with E-state index in [2.05, 4.69) is 25.7 Å². The maximum Gasteiger partial charge on any atom is 0.253 e. The van der Waals surface area contributed by atoms with Crippen LogP contribution in [0.1, 0.15) is 40.0 Å². The molecule has 0 aliphatic carbocycles. The minimum atomic E-state index is -0.612. The second-order valence-electron chi connectivity index (χ2n) is 10.7. The molecule has 0 atom stereocenters. The van der Waals surface area contributed by atoms with Crippen LogP contribution in [0, 0.1) is 0 Å². The zero-order valence-corrected chi connectivity index (χ0v) is 22.4. The van der Waals surface area contributed by atoms with Crippen molar-refractivity contribution in [3.8, 4) is 39.4 Å². The molecule has 10 heteroatoms. The molecule has 1 saturated heterocycles. The van der Waals surface area contributed by atoms with Gasteiger partial charge in [-0.1, -0.05) is 36.4 Å². The lowest BCUT2D eigenvalue weighted by Gasteiger charge is -2.44. The maximum atomic E-state index is 13.8. The summed E-state index contributed by atoms with van der Waals surface area (Å²) < 4.78 is 8.24. The van der Waals surface area contributed by atoms with Gasteiger partial charge in [0, 0.05) is 55.9 Å². The van der Waals surface area contributed by atoms with Crippen molar-refractivity contribution in [1.29, 1.82) is 0 Å². The van der Waals surface area contributed by atoms with E-state index < -0.39 is 5.60 Å². The highest BCUT2D eigenvalue weighted by Gasteiger charge is 2.44. The molecule has 4 heterocycles. The molecule has 10 nitrogen and oxygen atoms in total. The van der Waals surface area contributed by atoms with Crippen molar-refractivity contribution in [3.05, 3.63) is 90.3 Å². The molecule has 2 aliphatic heterocycles. The number of benzene rings is 3. The van der Waals surface area contributed by atoms with Gasteiger partial charge in [-0.25, -0.2) is 5.10 Å². The first-order valence-corrected chi connectivity index (χ1v) is 13.6. The van der Waals surface area contributed by atoms with E-state index in [-0.39, 0.29) is 11.7 Å². The Bertz CT molecular complexity index is 1750. The number of aromatic nitrogens is 6. The minimum Gasteiger partial charge on any atom is -0.486 e. The van der Waals surface area contributed by atoms with E-state index in [4.69, 9.17) is 4.74 Å². The number of tetrazole rings is 1. The van der Waals surface area contributed by atoms with Crippen LogP contribution in [0.4, 0.5) is 0 Å². The van der Waals surface area contributed by atoms with Crippen LogP contribution >= 0.6 is 0 Å². The van der Waals surface area contributed by atoms with Crippen LogP contribution in [0.5, 0.6) is 5.75 Å². The molecule has 1 fully saturated rings. The molecule has 1 spiro atoms. The number of piperidine rings is 1. The molecule has 1 N–H and O–H groups in total. The molecule has 0 bridgehead atoms. The summed E-state index contributed by atoms with van der Waals surface area (Å²) in [6.45, 7) is 0.980. The Kier molecular flexibility index (Phi) is 5.96. The summed E-state index contributed by atoms with van der Waals surface area (Å²) in [5, 5.41) is 18.5. The van der Waals surface area contributed by atoms with Crippen molar-refractivity contribution in [3.63, 3.8) is 0 Å². The molecule has 5 aromatic rings. The number of carbonyl (C=O) groups excluding carboxylic acids is 2. The van der Waals surface area contributed by atoms with Crippen LogP contribution in [0.2, 0.25) is 0 Å². The molecule has 41 heavy (non-hydrogen) atoms. The van der Waals surface area contributed by atoms with Crippen molar-refractivity contribution in [1.82, 2.24) is 35.3 Å². The van der Waals surface area contributed by atoms with Crippen LogP contribution < -0.4 is 4.74 Å². The molecular formula is C31H27N7O3. The van der Waals surface area contributed by atoms with Crippen LogP contribution in [-0.2, 0) is 7.05 Å². The third-order valence-electron chi connectivity index (χ3n) is 8.00. The van der Waals surface area contributed by atoms with Crippen molar-refractivity contribution in [2.24, 2.45) is 7.05 Å². The second-order valence-corrected chi connectivity index (χ2v) is 10.7. The number of hydrogen-bond acceptors (Lipinski definition) is 7. The average molecular weight is 546 g/mol. The monoisotopic (exact) mass is 545 g/mol. The number of hydrogen-bond donors (Lipinski definition) is 1. The van der Waals surface area contributed by atoms with Crippen molar-refractivity contribution in [2.45, 2.75) is 24.9 Å². The first-order chi connectivity index (χ1) is 20.0. The number of amides is 1. The van der Waals surface area contributed by atoms with E-state index >= 15 is 0 Å². The second kappa shape index (κ2) is 9.81. The van der Waals surface area contributed by atoms with Gasteiger partial charge in [-0.3, -0.25) is 14.3 Å². The first-order valence-electron chi connectivity index (χ1n) is 13.6. The zero-order valence-electron chi connectivity index (χ0n) is 22.4. The number of rotatable bonds is 4. The molecule has 0 radical (unpaired) electrons. The van der Waals surface area contributed by atoms with Gasteiger partial charge in [0.05, 0.1) is 18.2 Å². The van der Waals surface area contributed by atoms with Gasteiger partial charge in [0.1, 0.15) is 11.4 Å². The standard InChI is InChI=1S/C31H27N7O3/c1-37-19-25(18-32-37)21-7-8-28-26(16-21)27(39)17-31(41-28)9-11-38(12-10-31)30(40)24-14-22(20-5-3-2-4-6-20)13-23(15-24)29-33-35-36-34-29/h2-8,13-16,18-19H,9-12,17H2,1H3,(H,33,34,35,36). The summed E-state index contributed by atoms with van der Waals surface area (Å²) >= 11 is 0. The van der Waals surface area contributed by atoms with Gasteiger partial charge in [0.25, 0.3) is 5.91 Å². The van der Waals surface area contributed by atoms with Crippen molar-refractivity contribution in [2.75, 3.05) is 13.1 Å². The maximum absolute atomic E-state index is 13.8. The number of likely N-dealkylation sites (tertiary alicyclic amines) is 1. The third-order valence-corrected chi connectivity index (χ3v) is 8.00. The predicted octanol–water partition coefficient (Wildman–Crippen LogP) is 4.57. The van der Waals surface area contributed by atoms with E-state index in [1.807, 2.05) is 84.9 Å². The number of aryl methyl sites for hydroxylation is 1. The topological polar surface area (TPSA) is 119 Å². The fourth-order valence-corrected chi connectivity index (χ4v) is 5.79. The van der Waals surface area contributed by atoms with E-state index in [0.29, 0.717) is 55.1 Å². The number of H-pyrrole nitrogens is 1. The third kappa shape index (κ3) is 4.67. The fraction of sp³-hybridized carbons (Fsp3) is 0.226. The van der Waals surface area contributed by atoms with Crippen molar-refractivity contribution >= 4 is 11.7 Å².